The van der Waals surface area contributed by atoms with Gasteiger partial charge in [0.1, 0.15) is 5.75 Å². The van der Waals surface area contributed by atoms with E-state index in [4.69, 9.17) is 4.74 Å². The van der Waals surface area contributed by atoms with Gasteiger partial charge in [-0.25, -0.2) is 9.67 Å². The van der Waals surface area contributed by atoms with Crippen molar-refractivity contribution in [2.45, 2.75) is 0 Å². The fourth-order valence-corrected chi connectivity index (χ4v) is 3.63. The Morgan fingerprint density at radius 1 is 1.18 bits per heavy atom. The Kier molecular flexibility index (Phi) is 5.23. The lowest BCUT2D eigenvalue weighted by Gasteiger charge is -2.05. The first kappa shape index (κ1) is 18.4. The molecule has 0 saturated carbocycles. The number of carbonyl (C=O) groups excluding carboxylic acids is 1. The van der Waals surface area contributed by atoms with E-state index in [1.165, 1.54) is 17.5 Å². The second-order valence-electron chi connectivity index (χ2n) is 5.84. The molecule has 0 radical (unpaired) electrons. The third-order valence-corrected chi connectivity index (χ3v) is 5.33. The lowest BCUT2D eigenvalue weighted by molar-refractivity contribution is 0.102. The van der Waals surface area contributed by atoms with Crippen molar-refractivity contribution < 1.29 is 9.53 Å². The zero-order valence-electron chi connectivity index (χ0n) is 14.8. The number of aromatic nitrogens is 3. The van der Waals surface area contributed by atoms with Gasteiger partial charge in [-0.05, 0) is 36.4 Å². The predicted octanol–water partition coefficient (Wildman–Crippen LogP) is 5.02. The number of para-hydroxylation sites is 1. The van der Waals surface area contributed by atoms with Crippen LogP contribution in [0.3, 0.4) is 0 Å². The summed E-state index contributed by atoms with van der Waals surface area (Å²) in [7, 11) is 1.62. The minimum atomic E-state index is -0.260. The van der Waals surface area contributed by atoms with E-state index in [1.807, 2.05) is 53.9 Å². The number of amides is 1. The van der Waals surface area contributed by atoms with Gasteiger partial charge in [0.05, 0.1) is 30.3 Å². The average molecular weight is 455 g/mol. The summed E-state index contributed by atoms with van der Waals surface area (Å²) in [6.45, 7) is 0. The first-order chi connectivity index (χ1) is 13.6. The first-order valence-corrected chi connectivity index (χ1v) is 10.0. The highest BCUT2D eigenvalue weighted by atomic mass is 79.9. The molecule has 1 N–H and O–H groups in total. The first-order valence-electron chi connectivity index (χ1n) is 8.35. The molecule has 4 rings (SSSR count). The van der Waals surface area contributed by atoms with Gasteiger partial charge in [0.25, 0.3) is 5.91 Å². The molecule has 2 aromatic heterocycles. The normalized spacial score (nSPS) is 10.6. The molecule has 0 saturated heterocycles. The molecule has 0 unspecified atom stereocenters. The molecule has 6 nitrogen and oxygen atoms in total. The van der Waals surface area contributed by atoms with E-state index < -0.39 is 0 Å². The van der Waals surface area contributed by atoms with Gasteiger partial charge in [-0.2, -0.15) is 5.10 Å². The number of benzene rings is 2. The quantitative estimate of drug-likeness (QED) is 0.459. The lowest BCUT2D eigenvalue weighted by atomic mass is 10.1. The Bertz CT molecular complexity index is 1120. The number of nitrogens with one attached hydrogen (secondary N) is 1. The van der Waals surface area contributed by atoms with Gasteiger partial charge < -0.3 is 4.74 Å². The van der Waals surface area contributed by atoms with E-state index in [2.05, 4.69) is 31.3 Å². The summed E-state index contributed by atoms with van der Waals surface area (Å²) in [4.78, 5) is 17.1. The summed E-state index contributed by atoms with van der Waals surface area (Å²) in [5.74, 6) is 0.478. The van der Waals surface area contributed by atoms with E-state index >= 15 is 0 Å². The Morgan fingerprint density at radius 2 is 1.96 bits per heavy atom. The molecule has 0 aliphatic carbocycles. The number of carbonyl (C=O) groups is 1. The van der Waals surface area contributed by atoms with E-state index in [9.17, 15) is 4.79 Å². The van der Waals surface area contributed by atoms with Crippen molar-refractivity contribution in [3.05, 3.63) is 76.3 Å². The van der Waals surface area contributed by atoms with Crippen LogP contribution in [0.5, 0.6) is 5.75 Å². The van der Waals surface area contributed by atoms with Crippen molar-refractivity contribution in [2.24, 2.45) is 0 Å². The molecule has 2 aromatic carbocycles. The summed E-state index contributed by atoms with van der Waals surface area (Å²) in [6, 6.07) is 15.3. The summed E-state index contributed by atoms with van der Waals surface area (Å²) in [6.07, 6.45) is 3.22. The molecule has 0 aliphatic rings. The topological polar surface area (TPSA) is 69.0 Å². The van der Waals surface area contributed by atoms with Gasteiger partial charge >= 0.3 is 0 Å². The van der Waals surface area contributed by atoms with Crippen molar-refractivity contribution in [3.63, 3.8) is 0 Å². The predicted molar refractivity (Wildman–Crippen MR) is 113 cm³/mol. The number of ether oxygens (including phenoxy) is 1. The monoisotopic (exact) mass is 454 g/mol. The van der Waals surface area contributed by atoms with E-state index in [0.717, 1.165) is 27.2 Å². The highest BCUT2D eigenvalue weighted by Crippen LogP contribution is 2.32. The fourth-order valence-electron chi connectivity index (χ4n) is 2.66. The van der Waals surface area contributed by atoms with Crippen LogP contribution >= 0.6 is 27.3 Å². The molecule has 8 heteroatoms. The van der Waals surface area contributed by atoms with Crippen molar-refractivity contribution >= 4 is 38.3 Å². The van der Waals surface area contributed by atoms with Crippen LogP contribution in [0, 0.1) is 0 Å². The molecule has 0 atom stereocenters. The average Bonchev–Trinajstić information content (AvgIpc) is 3.38. The van der Waals surface area contributed by atoms with Crippen molar-refractivity contribution in [3.8, 4) is 22.7 Å². The van der Waals surface area contributed by atoms with Crippen LogP contribution in [-0.4, -0.2) is 27.8 Å². The standard InChI is InChI=1S/C20H15BrN4O2S/c1-27-18-5-3-2-4-16(18)17-12-28-20(23-17)24-19(26)13-10-22-25(11-13)15-8-6-14(21)7-9-15/h2-12H,1H3,(H,23,24,26). The molecule has 2 heterocycles. The molecule has 28 heavy (non-hydrogen) atoms. The summed E-state index contributed by atoms with van der Waals surface area (Å²) < 4.78 is 8.01. The highest BCUT2D eigenvalue weighted by molar-refractivity contribution is 9.10. The minimum absolute atomic E-state index is 0.260. The van der Waals surface area contributed by atoms with Crippen LogP contribution in [0.25, 0.3) is 16.9 Å². The maximum Gasteiger partial charge on any atom is 0.260 e. The number of thiazole rings is 1. The fraction of sp³-hybridized carbons (Fsp3) is 0.0500. The Morgan fingerprint density at radius 3 is 2.75 bits per heavy atom. The van der Waals surface area contributed by atoms with Crippen molar-refractivity contribution in [1.82, 2.24) is 14.8 Å². The zero-order chi connectivity index (χ0) is 19.5. The zero-order valence-corrected chi connectivity index (χ0v) is 17.2. The molecular weight excluding hydrogens is 440 g/mol. The van der Waals surface area contributed by atoms with Crippen molar-refractivity contribution in [1.29, 1.82) is 0 Å². The van der Waals surface area contributed by atoms with E-state index in [0.29, 0.717) is 10.7 Å². The highest BCUT2D eigenvalue weighted by Gasteiger charge is 2.14. The minimum Gasteiger partial charge on any atom is -0.496 e. The van der Waals surface area contributed by atoms with Gasteiger partial charge in [0.15, 0.2) is 5.13 Å². The summed E-state index contributed by atoms with van der Waals surface area (Å²) in [5.41, 5.74) is 2.96. The van der Waals surface area contributed by atoms with Crippen LogP contribution in [-0.2, 0) is 0 Å². The van der Waals surface area contributed by atoms with Gasteiger partial charge in [0.2, 0.25) is 0 Å². The van der Waals surface area contributed by atoms with Gasteiger partial charge in [0, 0.05) is 21.6 Å². The number of rotatable bonds is 5. The molecule has 0 spiro atoms. The third kappa shape index (κ3) is 3.83. The number of hydrogen-bond acceptors (Lipinski definition) is 5. The van der Waals surface area contributed by atoms with Crippen LogP contribution in [0.15, 0.2) is 70.8 Å². The number of methoxy groups -OCH3 is 1. The smallest absolute Gasteiger partial charge is 0.260 e. The van der Waals surface area contributed by atoms with E-state index in [-0.39, 0.29) is 5.91 Å². The third-order valence-electron chi connectivity index (χ3n) is 4.04. The largest absolute Gasteiger partial charge is 0.496 e. The molecule has 0 fully saturated rings. The maximum atomic E-state index is 12.6. The molecule has 0 bridgehead atoms. The lowest BCUT2D eigenvalue weighted by Crippen LogP contribution is -2.10. The van der Waals surface area contributed by atoms with Crippen LogP contribution in [0.4, 0.5) is 5.13 Å². The second kappa shape index (κ2) is 7.95. The summed E-state index contributed by atoms with van der Waals surface area (Å²) >= 11 is 4.76. The molecule has 1 amide bonds. The molecular formula is C20H15BrN4O2S. The number of halogens is 1. The van der Waals surface area contributed by atoms with Crippen LogP contribution < -0.4 is 10.1 Å². The second-order valence-corrected chi connectivity index (χ2v) is 7.62. The SMILES string of the molecule is COc1ccccc1-c1csc(NC(=O)c2cnn(-c3ccc(Br)cc3)c2)n1. The van der Waals surface area contributed by atoms with Gasteiger partial charge in [-0.15, -0.1) is 11.3 Å². The molecule has 0 aliphatic heterocycles. The summed E-state index contributed by atoms with van der Waals surface area (Å²) in [5, 5.41) is 9.49. The van der Waals surface area contributed by atoms with Gasteiger partial charge in [-0.1, -0.05) is 28.1 Å². The molecule has 4 aromatic rings. The number of nitrogens with zero attached hydrogens (tertiary/aromatic N) is 3. The molecule has 140 valence electrons. The maximum absolute atomic E-state index is 12.6. The van der Waals surface area contributed by atoms with Crippen LogP contribution in [0.1, 0.15) is 10.4 Å². The van der Waals surface area contributed by atoms with E-state index in [1.54, 1.807) is 18.0 Å². The van der Waals surface area contributed by atoms with Crippen LogP contribution in [0.2, 0.25) is 0 Å². The Hall–Kier alpha value is -2.97. The Balaban J connectivity index is 1.50. The Labute approximate surface area is 173 Å². The number of hydrogen-bond donors (Lipinski definition) is 1. The number of anilines is 1. The van der Waals surface area contributed by atoms with Crippen molar-refractivity contribution in [2.75, 3.05) is 12.4 Å². The van der Waals surface area contributed by atoms with Gasteiger partial charge in [-0.3, -0.25) is 10.1 Å².